The predicted molar refractivity (Wildman–Crippen MR) is 177 cm³/mol. The predicted octanol–water partition coefficient (Wildman–Crippen LogP) is 6.00. The van der Waals surface area contributed by atoms with E-state index in [0.717, 1.165) is 70.2 Å². The van der Waals surface area contributed by atoms with Crippen molar-refractivity contribution in [2.75, 3.05) is 24.6 Å². The lowest BCUT2D eigenvalue weighted by Gasteiger charge is -2.44. The fourth-order valence-electron chi connectivity index (χ4n) is 5.19. The fraction of sp³-hybridized carbons (Fsp3) is 0.640. The molecule has 0 saturated carbocycles. The monoisotopic (exact) mass is 614 g/mol. The number of thiocarbonyl (C=S) groups is 5. The van der Waals surface area contributed by atoms with Gasteiger partial charge in [0.1, 0.15) is 9.98 Å². The first-order valence-electron chi connectivity index (χ1n) is 12.4. The van der Waals surface area contributed by atoms with Crippen molar-refractivity contribution < 1.29 is 0 Å². The molecule has 4 nitrogen and oxygen atoms in total. The van der Waals surface area contributed by atoms with E-state index in [-0.39, 0.29) is 11.1 Å². The normalized spacial score (nSPS) is 24.4. The molecule has 0 bridgehead atoms. The highest BCUT2D eigenvalue weighted by Gasteiger charge is 2.41. The molecule has 2 N–H and O–H groups in total. The molecule has 2 unspecified atom stereocenters. The number of fused-ring (bicyclic) bond motifs is 2. The highest BCUT2D eigenvalue weighted by molar-refractivity contribution is 8.03. The molecule has 4 rings (SSSR count). The quantitative estimate of drug-likeness (QED) is 0.316. The first-order valence-corrected chi connectivity index (χ1v) is 16.4. The summed E-state index contributed by atoms with van der Waals surface area (Å²) in [6.07, 6.45) is 8.26. The molecule has 0 spiro atoms. The van der Waals surface area contributed by atoms with Crippen LogP contribution >= 0.6 is 84.6 Å². The molecular weight excluding hydrogens is 581 g/mol. The lowest BCUT2D eigenvalue weighted by atomic mass is 9.92. The summed E-state index contributed by atoms with van der Waals surface area (Å²) >= 11 is 32.6. The summed E-state index contributed by atoms with van der Waals surface area (Å²) in [5, 5.41) is 7.42. The van der Waals surface area contributed by atoms with Gasteiger partial charge in [-0.05, 0) is 99.1 Å². The molecular formula is C25H34N4S7. The SMILES string of the molecule is CC(C)(CCNC(=S)NCCC(C)(C)N1C(=S)C=C2SCCC2C1=S)N1C(=S)C=C2SCCC2C1=S. The van der Waals surface area contributed by atoms with Crippen LogP contribution in [0.5, 0.6) is 0 Å². The second-order valence-electron chi connectivity index (χ2n) is 10.8. The number of thioether (sulfide) groups is 2. The van der Waals surface area contributed by atoms with Crippen molar-refractivity contribution >= 4 is 110 Å². The molecule has 4 heterocycles. The molecule has 0 aromatic rings. The smallest absolute Gasteiger partial charge is 0.166 e. The molecule has 2 atom stereocenters. The summed E-state index contributed by atoms with van der Waals surface area (Å²) in [5.41, 5.74) is -0.364. The first-order chi connectivity index (χ1) is 16.9. The molecule has 0 radical (unpaired) electrons. The van der Waals surface area contributed by atoms with Gasteiger partial charge in [0, 0.05) is 36.0 Å². The van der Waals surface area contributed by atoms with Crippen molar-refractivity contribution in [3.63, 3.8) is 0 Å². The standard InChI is InChI=1S/C25H34N4S7/c1-24(2,28-19(30)13-17-15(21(28)32)5-11-35-17)7-9-26-23(34)27-10-8-25(3,4)29-20(31)14-18-16(22(29)33)6-12-36-18/h13-16H,5-12H2,1-4H3,(H2,26,27,34). The van der Waals surface area contributed by atoms with E-state index in [4.69, 9.17) is 61.1 Å². The van der Waals surface area contributed by atoms with Crippen LogP contribution in [0.2, 0.25) is 0 Å². The zero-order valence-electron chi connectivity index (χ0n) is 21.2. The first kappa shape index (κ1) is 28.8. The van der Waals surface area contributed by atoms with Gasteiger partial charge in [-0.2, -0.15) is 0 Å². The zero-order valence-corrected chi connectivity index (χ0v) is 26.9. The Morgan fingerprint density at radius 3 is 1.58 bits per heavy atom. The average molecular weight is 615 g/mol. The van der Waals surface area contributed by atoms with Crippen LogP contribution in [0.4, 0.5) is 0 Å². The maximum absolute atomic E-state index is 5.88. The van der Waals surface area contributed by atoms with Gasteiger partial charge in [-0.15, -0.1) is 23.5 Å². The zero-order chi connectivity index (χ0) is 26.3. The maximum atomic E-state index is 5.88. The van der Waals surface area contributed by atoms with Gasteiger partial charge in [0.25, 0.3) is 0 Å². The lowest BCUT2D eigenvalue weighted by Crippen LogP contribution is -2.55. The van der Waals surface area contributed by atoms with E-state index in [1.54, 1.807) is 0 Å². The molecule has 0 amide bonds. The van der Waals surface area contributed by atoms with Gasteiger partial charge in [-0.1, -0.05) is 48.9 Å². The molecule has 0 aromatic heterocycles. The number of hydrogen-bond acceptors (Lipinski definition) is 7. The minimum Gasteiger partial charge on any atom is -0.363 e. The molecule has 2 fully saturated rings. The van der Waals surface area contributed by atoms with E-state index in [1.165, 1.54) is 9.81 Å². The Bertz CT molecular complexity index is 965. The lowest BCUT2D eigenvalue weighted by molar-refractivity contribution is 0.285. The minimum absolute atomic E-state index is 0.182. The topological polar surface area (TPSA) is 30.5 Å². The third-order valence-electron chi connectivity index (χ3n) is 7.30. The Hall–Kier alpha value is -0.170. The van der Waals surface area contributed by atoms with Gasteiger partial charge in [-0.25, -0.2) is 0 Å². The third kappa shape index (κ3) is 6.02. The third-order valence-corrected chi connectivity index (χ3v) is 11.5. The number of rotatable bonds is 8. The Morgan fingerprint density at radius 1 is 0.806 bits per heavy atom. The number of nitrogens with zero attached hydrogens (tertiary/aromatic N) is 2. The van der Waals surface area contributed by atoms with Crippen LogP contribution in [0.1, 0.15) is 53.4 Å². The molecule has 4 aliphatic rings. The summed E-state index contributed by atoms with van der Waals surface area (Å²) < 4.78 is 0. The summed E-state index contributed by atoms with van der Waals surface area (Å²) in [6, 6.07) is 0. The van der Waals surface area contributed by atoms with Gasteiger partial charge in [0.05, 0.1) is 9.98 Å². The number of hydrogen-bond donors (Lipinski definition) is 2. The van der Waals surface area contributed by atoms with Crippen molar-refractivity contribution in [2.24, 2.45) is 11.8 Å². The molecule has 36 heavy (non-hydrogen) atoms. The van der Waals surface area contributed by atoms with Crippen LogP contribution in [0, 0.1) is 11.8 Å². The largest absolute Gasteiger partial charge is 0.363 e. The number of nitrogens with one attached hydrogen (secondary N) is 2. The Morgan fingerprint density at radius 2 is 1.19 bits per heavy atom. The minimum atomic E-state index is -0.182. The van der Waals surface area contributed by atoms with Crippen LogP contribution < -0.4 is 10.6 Å². The van der Waals surface area contributed by atoms with Crippen LogP contribution in [0.3, 0.4) is 0 Å². The fourth-order valence-corrected chi connectivity index (χ4v) is 10.4. The van der Waals surface area contributed by atoms with E-state index in [2.05, 4.69) is 60.3 Å². The molecule has 2 saturated heterocycles. The van der Waals surface area contributed by atoms with Gasteiger partial charge >= 0.3 is 0 Å². The summed E-state index contributed by atoms with van der Waals surface area (Å²) in [4.78, 5) is 10.7. The maximum Gasteiger partial charge on any atom is 0.166 e. The van der Waals surface area contributed by atoms with Gasteiger partial charge in [-0.3, -0.25) is 0 Å². The van der Waals surface area contributed by atoms with Crippen LogP contribution in [-0.2, 0) is 0 Å². The van der Waals surface area contributed by atoms with Gasteiger partial charge in [0.15, 0.2) is 5.11 Å². The van der Waals surface area contributed by atoms with E-state index >= 15 is 0 Å². The Labute approximate surface area is 251 Å². The van der Waals surface area contributed by atoms with Crippen molar-refractivity contribution in [3.8, 4) is 0 Å². The summed E-state index contributed by atoms with van der Waals surface area (Å²) in [5.74, 6) is 2.95. The van der Waals surface area contributed by atoms with E-state index < -0.39 is 0 Å². The molecule has 0 aromatic carbocycles. The van der Waals surface area contributed by atoms with Crippen molar-refractivity contribution in [2.45, 2.75) is 64.5 Å². The van der Waals surface area contributed by atoms with E-state index in [1.807, 2.05) is 23.5 Å². The van der Waals surface area contributed by atoms with E-state index in [9.17, 15) is 0 Å². The second-order valence-corrected chi connectivity index (χ2v) is 15.2. The van der Waals surface area contributed by atoms with Gasteiger partial charge < -0.3 is 20.4 Å². The summed E-state index contributed by atoms with van der Waals surface area (Å²) in [6.45, 7) is 10.3. The van der Waals surface area contributed by atoms with Crippen molar-refractivity contribution in [3.05, 3.63) is 22.0 Å². The van der Waals surface area contributed by atoms with Crippen LogP contribution in [0.15, 0.2) is 22.0 Å². The summed E-state index contributed by atoms with van der Waals surface area (Å²) in [7, 11) is 0. The van der Waals surface area contributed by atoms with Crippen LogP contribution in [0.25, 0.3) is 0 Å². The molecule has 11 heteroatoms. The average Bonchev–Trinajstić information content (AvgIpc) is 3.42. The van der Waals surface area contributed by atoms with E-state index in [0.29, 0.717) is 16.9 Å². The van der Waals surface area contributed by atoms with Gasteiger partial charge in [0.2, 0.25) is 0 Å². The highest BCUT2D eigenvalue weighted by Crippen LogP contribution is 2.43. The molecule has 0 aliphatic carbocycles. The molecule has 4 aliphatic heterocycles. The Kier molecular flexibility index (Phi) is 9.22. The van der Waals surface area contributed by atoms with Crippen molar-refractivity contribution in [1.82, 2.24) is 20.4 Å². The second kappa shape index (κ2) is 11.5. The Balaban J connectivity index is 1.24. The molecule has 196 valence electrons. The highest BCUT2D eigenvalue weighted by atomic mass is 32.2. The van der Waals surface area contributed by atoms with Crippen LogP contribution in [-0.4, -0.2) is 70.5 Å². The van der Waals surface area contributed by atoms with Crippen molar-refractivity contribution in [1.29, 1.82) is 0 Å².